The maximum Gasteiger partial charge on any atom is 0.251 e. The van der Waals surface area contributed by atoms with Crippen molar-refractivity contribution >= 4 is 21.8 Å². The first-order chi connectivity index (χ1) is 8.43. The fourth-order valence-corrected chi connectivity index (χ4v) is 2.30. The van der Waals surface area contributed by atoms with Crippen LogP contribution in [-0.2, 0) is 0 Å². The van der Waals surface area contributed by atoms with Crippen LogP contribution in [0.2, 0.25) is 0 Å². The Labute approximate surface area is 116 Å². The van der Waals surface area contributed by atoms with Gasteiger partial charge in [-0.05, 0) is 43.0 Å². The van der Waals surface area contributed by atoms with E-state index in [-0.39, 0.29) is 17.8 Å². The van der Waals surface area contributed by atoms with Gasteiger partial charge in [-0.2, -0.15) is 0 Å². The van der Waals surface area contributed by atoms with Crippen LogP contribution in [0, 0.1) is 18.7 Å². The van der Waals surface area contributed by atoms with Gasteiger partial charge in [0.1, 0.15) is 5.82 Å². The van der Waals surface area contributed by atoms with Crippen LogP contribution in [0.4, 0.5) is 4.39 Å². The van der Waals surface area contributed by atoms with Crippen molar-refractivity contribution in [1.82, 2.24) is 5.32 Å². The summed E-state index contributed by atoms with van der Waals surface area (Å²) in [6.07, 6.45) is 0.859. The summed E-state index contributed by atoms with van der Waals surface area (Å²) in [5, 5.41) is 3.78. The monoisotopic (exact) mass is 315 g/mol. The van der Waals surface area contributed by atoms with Crippen LogP contribution in [0.15, 0.2) is 18.2 Å². The van der Waals surface area contributed by atoms with Crippen LogP contribution in [0.3, 0.4) is 0 Å². The molecule has 1 aromatic rings. The van der Waals surface area contributed by atoms with Gasteiger partial charge < -0.3 is 5.32 Å². The molecule has 0 aliphatic rings. The number of aryl methyl sites for hydroxylation is 1. The summed E-state index contributed by atoms with van der Waals surface area (Å²) in [5.41, 5.74) is 1.13. The van der Waals surface area contributed by atoms with Gasteiger partial charge >= 0.3 is 0 Å². The molecule has 0 aliphatic carbocycles. The van der Waals surface area contributed by atoms with E-state index in [1.54, 1.807) is 13.0 Å². The van der Waals surface area contributed by atoms with Crippen molar-refractivity contribution in [2.75, 3.05) is 5.33 Å². The zero-order valence-corrected chi connectivity index (χ0v) is 12.6. The summed E-state index contributed by atoms with van der Waals surface area (Å²) in [7, 11) is 0. The van der Waals surface area contributed by atoms with Gasteiger partial charge in [0.25, 0.3) is 5.91 Å². The quantitative estimate of drug-likeness (QED) is 0.825. The van der Waals surface area contributed by atoms with Crippen molar-refractivity contribution in [2.24, 2.45) is 5.92 Å². The van der Waals surface area contributed by atoms with E-state index in [2.05, 4.69) is 35.1 Å². The minimum atomic E-state index is -0.373. The van der Waals surface area contributed by atoms with Gasteiger partial charge in [-0.1, -0.05) is 29.8 Å². The average Bonchev–Trinajstić information content (AvgIpc) is 2.26. The Morgan fingerprint density at radius 3 is 2.56 bits per heavy atom. The molecule has 18 heavy (non-hydrogen) atoms. The first-order valence-corrected chi connectivity index (χ1v) is 7.20. The highest BCUT2D eigenvalue weighted by Gasteiger charge is 2.17. The number of halogens is 2. The molecule has 0 radical (unpaired) electrons. The lowest BCUT2D eigenvalue weighted by molar-refractivity contribution is 0.0924. The van der Waals surface area contributed by atoms with Gasteiger partial charge in [-0.3, -0.25) is 4.79 Å². The van der Waals surface area contributed by atoms with E-state index in [0.29, 0.717) is 11.5 Å². The molecule has 1 amide bonds. The maximum absolute atomic E-state index is 13.2. The fourth-order valence-electron chi connectivity index (χ4n) is 1.81. The smallest absolute Gasteiger partial charge is 0.251 e. The molecular weight excluding hydrogens is 297 g/mol. The zero-order valence-electron chi connectivity index (χ0n) is 11.0. The number of nitrogens with one attached hydrogen (secondary N) is 1. The van der Waals surface area contributed by atoms with Crippen LogP contribution in [-0.4, -0.2) is 17.3 Å². The molecule has 0 saturated carbocycles. The van der Waals surface area contributed by atoms with Crippen molar-refractivity contribution in [3.8, 4) is 0 Å². The van der Waals surface area contributed by atoms with Crippen molar-refractivity contribution < 1.29 is 9.18 Å². The summed E-state index contributed by atoms with van der Waals surface area (Å²) >= 11 is 3.38. The lowest BCUT2D eigenvalue weighted by atomic mass is 10.0. The Bertz CT molecular complexity index is 400. The number of rotatable bonds is 5. The van der Waals surface area contributed by atoms with E-state index < -0.39 is 0 Å². The fraction of sp³-hybridized carbons (Fsp3) is 0.500. The van der Waals surface area contributed by atoms with E-state index in [1.807, 2.05) is 0 Å². The third-order valence-corrected chi connectivity index (χ3v) is 3.30. The van der Waals surface area contributed by atoms with Crippen LogP contribution in [0.25, 0.3) is 0 Å². The predicted molar refractivity (Wildman–Crippen MR) is 75.6 cm³/mol. The van der Waals surface area contributed by atoms with Crippen LogP contribution < -0.4 is 5.32 Å². The lowest BCUT2D eigenvalue weighted by Gasteiger charge is -2.21. The highest BCUT2D eigenvalue weighted by atomic mass is 79.9. The SMILES string of the molecule is Cc1cc(F)cc(C(=O)NC(CCBr)C(C)C)c1. The molecule has 0 heterocycles. The minimum Gasteiger partial charge on any atom is -0.349 e. The molecule has 4 heteroatoms. The van der Waals surface area contributed by atoms with Gasteiger partial charge in [-0.15, -0.1) is 0 Å². The van der Waals surface area contributed by atoms with Gasteiger partial charge in [0.15, 0.2) is 0 Å². The molecule has 0 saturated heterocycles. The van der Waals surface area contributed by atoms with E-state index >= 15 is 0 Å². The van der Waals surface area contributed by atoms with E-state index in [1.165, 1.54) is 12.1 Å². The number of amides is 1. The van der Waals surface area contributed by atoms with Crippen molar-refractivity contribution in [1.29, 1.82) is 0 Å². The number of alkyl halides is 1. The third kappa shape index (κ3) is 4.41. The molecule has 100 valence electrons. The molecule has 1 atom stereocenters. The van der Waals surface area contributed by atoms with Crippen LogP contribution in [0.1, 0.15) is 36.2 Å². The number of carbonyl (C=O) groups is 1. The van der Waals surface area contributed by atoms with Crippen molar-refractivity contribution in [2.45, 2.75) is 33.2 Å². The van der Waals surface area contributed by atoms with Gasteiger partial charge in [-0.25, -0.2) is 4.39 Å². The van der Waals surface area contributed by atoms with E-state index in [9.17, 15) is 9.18 Å². The second-order valence-corrected chi connectivity index (χ2v) is 5.61. The second-order valence-electron chi connectivity index (χ2n) is 4.82. The molecule has 1 aromatic carbocycles. The average molecular weight is 316 g/mol. The maximum atomic E-state index is 13.2. The molecule has 0 bridgehead atoms. The van der Waals surface area contributed by atoms with E-state index in [0.717, 1.165) is 17.3 Å². The standard InChI is InChI=1S/C14H19BrFNO/c1-9(2)13(4-5-15)17-14(18)11-6-10(3)7-12(16)8-11/h6-9,13H,4-5H2,1-3H3,(H,17,18). The second kappa shape index (κ2) is 6.88. The highest BCUT2D eigenvalue weighted by Crippen LogP contribution is 2.12. The Hall–Kier alpha value is -0.900. The van der Waals surface area contributed by atoms with E-state index in [4.69, 9.17) is 0 Å². The molecule has 0 aliphatic heterocycles. The summed E-state index contributed by atoms with van der Waals surface area (Å²) < 4.78 is 13.2. The molecule has 0 aromatic heterocycles. The highest BCUT2D eigenvalue weighted by molar-refractivity contribution is 9.09. The zero-order chi connectivity index (χ0) is 13.7. The Morgan fingerprint density at radius 2 is 2.06 bits per heavy atom. The Balaban J connectivity index is 2.80. The topological polar surface area (TPSA) is 29.1 Å². The largest absolute Gasteiger partial charge is 0.349 e. The molecule has 2 nitrogen and oxygen atoms in total. The van der Waals surface area contributed by atoms with Crippen molar-refractivity contribution in [3.05, 3.63) is 35.1 Å². The predicted octanol–water partition coefficient (Wildman–Crippen LogP) is 3.67. The Kier molecular flexibility index (Phi) is 5.79. The molecular formula is C14H19BrFNO. The van der Waals surface area contributed by atoms with Gasteiger partial charge in [0.05, 0.1) is 0 Å². The number of benzene rings is 1. The Morgan fingerprint density at radius 1 is 1.39 bits per heavy atom. The summed E-state index contributed by atoms with van der Waals surface area (Å²) in [5.74, 6) is -0.236. The lowest BCUT2D eigenvalue weighted by Crippen LogP contribution is -2.38. The first-order valence-electron chi connectivity index (χ1n) is 6.08. The third-order valence-electron chi connectivity index (χ3n) is 2.85. The number of hydrogen-bond acceptors (Lipinski definition) is 1. The minimum absolute atomic E-state index is 0.0976. The summed E-state index contributed by atoms with van der Waals surface area (Å²) in [6.45, 7) is 5.90. The molecule has 0 fully saturated rings. The van der Waals surface area contributed by atoms with Gasteiger partial charge in [0, 0.05) is 16.9 Å². The summed E-state index contributed by atoms with van der Waals surface area (Å²) in [6, 6.07) is 4.48. The molecule has 1 unspecified atom stereocenters. The van der Waals surface area contributed by atoms with Gasteiger partial charge in [0.2, 0.25) is 0 Å². The number of hydrogen-bond donors (Lipinski definition) is 1. The molecule has 1 rings (SSSR count). The normalized spacial score (nSPS) is 12.6. The first kappa shape index (κ1) is 15.2. The summed E-state index contributed by atoms with van der Waals surface area (Å²) in [4.78, 5) is 12.0. The number of carbonyl (C=O) groups excluding carboxylic acids is 1. The van der Waals surface area contributed by atoms with Crippen molar-refractivity contribution in [3.63, 3.8) is 0 Å². The molecule has 1 N–H and O–H groups in total. The van der Waals surface area contributed by atoms with Crippen LogP contribution in [0.5, 0.6) is 0 Å². The van der Waals surface area contributed by atoms with Crippen LogP contribution >= 0.6 is 15.9 Å². The molecule has 0 spiro atoms.